The number of carbonyl (C=O) groups excluding carboxylic acids is 1. The molecule has 0 saturated heterocycles. The van der Waals surface area contributed by atoms with Crippen LogP contribution in [0.2, 0.25) is 0 Å². The number of anilines is 1. The molecule has 1 aromatic rings. The Morgan fingerprint density at radius 1 is 1.19 bits per heavy atom. The summed E-state index contributed by atoms with van der Waals surface area (Å²) in [4.78, 5) is 12.3. The molecule has 7 heteroatoms. The normalized spacial score (nSPS) is 12.8. The Kier molecular flexibility index (Phi) is 9.08. The van der Waals surface area contributed by atoms with Gasteiger partial charge in [-0.1, -0.05) is 40.5 Å². The van der Waals surface area contributed by atoms with E-state index < -0.39 is 10.0 Å². The van der Waals surface area contributed by atoms with Crippen molar-refractivity contribution >= 4 is 21.6 Å². The van der Waals surface area contributed by atoms with Gasteiger partial charge in [-0.15, -0.1) is 0 Å². The molecule has 1 atom stereocenters. The number of hydrogen-bond donors (Lipinski definition) is 1. The zero-order chi connectivity index (χ0) is 19.7. The Morgan fingerprint density at radius 2 is 1.85 bits per heavy atom. The van der Waals surface area contributed by atoms with Gasteiger partial charge >= 0.3 is 0 Å². The highest BCUT2D eigenvalue weighted by molar-refractivity contribution is 7.89. The van der Waals surface area contributed by atoms with Gasteiger partial charge in [-0.2, -0.15) is 4.31 Å². The largest absolute Gasteiger partial charge is 0.492 e. The second-order valence-corrected chi connectivity index (χ2v) is 8.24. The molecular weight excluding hydrogens is 352 g/mol. The van der Waals surface area contributed by atoms with Crippen LogP contribution in [0.1, 0.15) is 53.9 Å². The summed E-state index contributed by atoms with van der Waals surface area (Å²) in [5.74, 6) is 0.486. The van der Waals surface area contributed by atoms with Gasteiger partial charge in [-0.25, -0.2) is 8.42 Å². The number of ether oxygens (including phenoxy) is 1. The number of rotatable bonds is 11. The third kappa shape index (κ3) is 5.99. The highest BCUT2D eigenvalue weighted by Gasteiger charge is 2.26. The van der Waals surface area contributed by atoms with Crippen molar-refractivity contribution in [3.8, 4) is 5.75 Å². The lowest BCUT2D eigenvalue weighted by molar-refractivity contribution is -0.117. The summed E-state index contributed by atoms with van der Waals surface area (Å²) in [5, 5.41) is 2.81. The maximum Gasteiger partial charge on any atom is 0.246 e. The maximum absolute atomic E-state index is 12.9. The molecule has 0 aromatic heterocycles. The highest BCUT2D eigenvalue weighted by Crippen LogP contribution is 2.30. The highest BCUT2D eigenvalue weighted by atomic mass is 32.2. The van der Waals surface area contributed by atoms with E-state index in [1.165, 1.54) is 10.4 Å². The molecular formula is C19H32N2O4S. The van der Waals surface area contributed by atoms with E-state index in [1.807, 2.05) is 6.92 Å². The van der Waals surface area contributed by atoms with E-state index in [2.05, 4.69) is 12.2 Å². The van der Waals surface area contributed by atoms with Crippen molar-refractivity contribution in [2.75, 3.05) is 25.0 Å². The predicted molar refractivity (Wildman–Crippen MR) is 105 cm³/mol. The third-order valence-electron chi connectivity index (χ3n) is 4.17. The minimum absolute atomic E-state index is 0.0856. The molecule has 0 aliphatic rings. The van der Waals surface area contributed by atoms with E-state index in [0.29, 0.717) is 43.5 Å². The van der Waals surface area contributed by atoms with Crippen LogP contribution in [0.25, 0.3) is 0 Å². The molecule has 1 N–H and O–H groups in total. The van der Waals surface area contributed by atoms with Crippen LogP contribution in [0.5, 0.6) is 5.75 Å². The van der Waals surface area contributed by atoms with E-state index in [9.17, 15) is 13.2 Å². The summed E-state index contributed by atoms with van der Waals surface area (Å²) >= 11 is 0. The molecule has 148 valence electrons. The van der Waals surface area contributed by atoms with Crippen molar-refractivity contribution in [1.29, 1.82) is 0 Å². The zero-order valence-electron chi connectivity index (χ0n) is 16.5. The number of hydrogen-bond acceptors (Lipinski definition) is 4. The van der Waals surface area contributed by atoms with Crippen molar-refractivity contribution in [1.82, 2.24) is 4.31 Å². The van der Waals surface area contributed by atoms with E-state index in [1.54, 1.807) is 32.9 Å². The second-order valence-electron chi connectivity index (χ2n) is 6.33. The summed E-state index contributed by atoms with van der Waals surface area (Å²) in [7, 11) is -3.69. The summed E-state index contributed by atoms with van der Waals surface area (Å²) in [6.07, 6.45) is 2.43. The third-order valence-corrected chi connectivity index (χ3v) is 6.24. The molecule has 26 heavy (non-hydrogen) atoms. The quantitative estimate of drug-likeness (QED) is 0.628. The van der Waals surface area contributed by atoms with E-state index in [0.717, 1.165) is 12.8 Å². The average Bonchev–Trinajstić information content (AvgIpc) is 2.57. The summed E-state index contributed by atoms with van der Waals surface area (Å²) in [6.45, 7) is 10.6. The lowest BCUT2D eigenvalue weighted by Gasteiger charge is -2.21. The predicted octanol–water partition coefficient (Wildman–Crippen LogP) is 3.88. The number of carbonyl (C=O) groups is 1. The summed E-state index contributed by atoms with van der Waals surface area (Å²) in [6, 6.07) is 4.76. The van der Waals surface area contributed by atoms with Crippen molar-refractivity contribution in [2.24, 2.45) is 5.92 Å². The Morgan fingerprint density at radius 3 is 2.38 bits per heavy atom. The molecule has 6 nitrogen and oxygen atoms in total. The van der Waals surface area contributed by atoms with Crippen LogP contribution in [-0.2, 0) is 14.8 Å². The number of amides is 1. The molecule has 0 spiro atoms. The topological polar surface area (TPSA) is 75.7 Å². The van der Waals surface area contributed by atoms with Gasteiger partial charge in [0.05, 0.1) is 6.61 Å². The van der Waals surface area contributed by atoms with Crippen molar-refractivity contribution in [2.45, 2.75) is 58.8 Å². The minimum atomic E-state index is -3.69. The summed E-state index contributed by atoms with van der Waals surface area (Å²) in [5.41, 5.74) is 0.466. The van der Waals surface area contributed by atoms with E-state index >= 15 is 0 Å². The molecule has 0 saturated carbocycles. The Labute approximate surface area is 158 Å². The molecule has 1 aromatic carbocycles. The SMILES string of the molecule is CCCC(C)CC(=O)Nc1ccc(OCC)c(S(=O)(=O)N(CC)CC)c1. The fourth-order valence-electron chi connectivity index (χ4n) is 2.89. The smallest absolute Gasteiger partial charge is 0.246 e. The Bertz CT molecular complexity index is 685. The minimum Gasteiger partial charge on any atom is -0.492 e. The van der Waals surface area contributed by atoms with Gasteiger partial charge in [0.25, 0.3) is 0 Å². The summed E-state index contributed by atoms with van der Waals surface area (Å²) < 4.78 is 32.7. The van der Waals surface area contributed by atoms with Crippen LogP contribution in [0.4, 0.5) is 5.69 Å². The van der Waals surface area contributed by atoms with Gasteiger partial charge in [0, 0.05) is 25.2 Å². The number of sulfonamides is 1. The van der Waals surface area contributed by atoms with E-state index in [-0.39, 0.29) is 10.8 Å². The first-order valence-electron chi connectivity index (χ1n) is 9.36. The van der Waals surface area contributed by atoms with Crippen molar-refractivity contribution in [3.05, 3.63) is 18.2 Å². The molecule has 1 amide bonds. The van der Waals surface area contributed by atoms with Crippen LogP contribution in [0, 0.1) is 5.92 Å². The lowest BCUT2D eigenvalue weighted by Crippen LogP contribution is -2.31. The first-order valence-corrected chi connectivity index (χ1v) is 10.8. The Balaban J connectivity index is 3.13. The van der Waals surface area contributed by atoms with Crippen molar-refractivity contribution in [3.63, 3.8) is 0 Å². The monoisotopic (exact) mass is 384 g/mol. The molecule has 0 radical (unpaired) electrons. The van der Waals surface area contributed by atoms with Crippen LogP contribution in [0.3, 0.4) is 0 Å². The first kappa shape index (κ1) is 22.4. The van der Waals surface area contributed by atoms with Crippen LogP contribution >= 0.6 is 0 Å². The van der Waals surface area contributed by atoms with Gasteiger partial charge in [0.2, 0.25) is 15.9 Å². The molecule has 1 unspecified atom stereocenters. The molecule has 0 fully saturated rings. The van der Waals surface area contributed by atoms with Crippen LogP contribution in [0.15, 0.2) is 23.1 Å². The Hall–Kier alpha value is -1.60. The van der Waals surface area contributed by atoms with Gasteiger partial charge in [0.15, 0.2) is 0 Å². The van der Waals surface area contributed by atoms with Gasteiger partial charge in [0.1, 0.15) is 10.6 Å². The number of benzene rings is 1. The van der Waals surface area contributed by atoms with E-state index in [4.69, 9.17) is 4.74 Å². The average molecular weight is 385 g/mol. The van der Waals surface area contributed by atoms with Gasteiger partial charge < -0.3 is 10.1 Å². The van der Waals surface area contributed by atoms with Gasteiger partial charge in [-0.3, -0.25) is 4.79 Å². The number of nitrogens with zero attached hydrogens (tertiary/aromatic N) is 1. The lowest BCUT2D eigenvalue weighted by atomic mass is 10.0. The number of nitrogens with one attached hydrogen (secondary N) is 1. The molecule has 1 rings (SSSR count). The fourth-order valence-corrected chi connectivity index (χ4v) is 4.50. The second kappa shape index (κ2) is 10.5. The van der Waals surface area contributed by atoms with Crippen molar-refractivity contribution < 1.29 is 17.9 Å². The molecule has 0 heterocycles. The molecule has 0 bridgehead atoms. The van der Waals surface area contributed by atoms with Crippen LogP contribution in [-0.4, -0.2) is 38.3 Å². The first-order chi connectivity index (χ1) is 12.3. The van der Waals surface area contributed by atoms with Gasteiger partial charge in [-0.05, 0) is 31.0 Å². The molecule has 0 aliphatic carbocycles. The standard InChI is InChI=1S/C19H32N2O4S/c1-6-10-15(5)13-19(22)20-16-11-12-17(25-9-4)18(14-16)26(23,24)21(7-2)8-3/h11-12,14-15H,6-10,13H2,1-5H3,(H,20,22). The zero-order valence-corrected chi connectivity index (χ0v) is 17.4. The fraction of sp³-hybridized carbons (Fsp3) is 0.632. The maximum atomic E-state index is 12.9. The van der Waals surface area contributed by atoms with Crippen LogP contribution < -0.4 is 10.1 Å². The molecule has 0 aliphatic heterocycles.